The summed E-state index contributed by atoms with van der Waals surface area (Å²) in [5, 5.41) is 2.04. The molecule has 2 heterocycles. The van der Waals surface area contributed by atoms with Gasteiger partial charge in [-0.3, -0.25) is 9.69 Å². The summed E-state index contributed by atoms with van der Waals surface area (Å²) < 4.78 is 0. The van der Waals surface area contributed by atoms with Crippen LogP contribution in [0.25, 0.3) is 0 Å². The number of likely N-dealkylation sites (N-methyl/N-ethyl adjacent to an activating group) is 1. The van der Waals surface area contributed by atoms with Gasteiger partial charge in [-0.1, -0.05) is 0 Å². The van der Waals surface area contributed by atoms with E-state index in [9.17, 15) is 4.79 Å². The third-order valence-electron chi connectivity index (χ3n) is 3.44. The molecule has 1 unspecified atom stereocenters. The molecule has 2 aliphatic rings. The van der Waals surface area contributed by atoms with E-state index in [0.717, 1.165) is 24.8 Å². The summed E-state index contributed by atoms with van der Waals surface area (Å²) in [6, 6.07) is 2.02. The zero-order valence-electron chi connectivity index (χ0n) is 9.06. The molecule has 4 nitrogen and oxygen atoms in total. The number of rotatable bonds is 0. The third kappa shape index (κ3) is 1.04. The summed E-state index contributed by atoms with van der Waals surface area (Å²) in [6.45, 7) is 0. The molecule has 16 heavy (non-hydrogen) atoms. The number of hydrogen-bond acceptors (Lipinski definition) is 4. The van der Waals surface area contributed by atoms with E-state index in [2.05, 4.69) is 4.99 Å². The van der Waals surface area contributed by atoms with Crippen LogP contribution in [0.2, 0.25) is 0 Å². The highest BCUT2D eigenvalue weighted by atomic mass is 32.1. The van der Waals surface area contributed by atoms with Crippen LogP contribution in [-0.2, 0) is 16.8 Å². The molecule has 1 amide bonds. The minimum absolute atomic E-state index is 0.0179. The smallest absolute Gasteiger partial charge is 0.261 e. The Labute approximate surface area is 97.8 Å². The van der Waals surface area contributed by atoms with Crippen molar-refractivity contribution in [3.05, 3.63) is 21.9 Å². The van der Waals surface area contributed by atoms with E-state index in [1.807, 2.05) is 11.4 Å². The summed E-state index contributed by atoms with van der Waals surface area (Å²) in [4.78, 5) is 19.5. The number of thiophene rings is 1. The van der Waals surface area contributed by atoms with Crippen LogP contribution >= 0.6 is 11.3 Å². The van der Waals surface area contributed by atoms with Crippen LogP contribution in [0.5, 0.6) is 0 Å². The maximum atomic E-state index is 12.3. The Morgan fingerprint density at radius 1 is 1.62 bits per heavy atom. The van der Waals surface area contributed by atoms with Gasteiger partial charge in [-0.25, -0.2) is 4.99 Å². The van der Waals surface area contributed by atoms with Gasteiger partial charge in [0.15, 0.2) is 11.5 Å². The van der Waals surface area contributed by atoms with Gasteiger partial charge in [-0.2, -0.15) is 0 Å². The lowest BCUT2D eigenvalue weighted by Gasteiger charge is -2.29. The summed E-state index contributed by atoms with van der Waals surface area (Å²) >= 11 is 1.71. The molecular weight excluding hydrogens is 222 g/mol. The molecule has 1 aliphatic carbocycles. The van der Waals surface area contributed by atoms with E-state index in [-0.39, 0.29) is 5.91 Å². The second-order valence-corrected chi connectivity index (χ2v) is 5.31. The topological polar surface area (TPSA) is 58.7 Å². The lowest BCUT2D eigenvalue weighted by molar-refractivity contribution is -0.131. The van der Waals surface area contributed by atoms with Crippen molar-refractivity contribution >= 4 is 23.2 Å². The van der Waals surface area contributed by atoms with Crippen molar-refractivity contribution < 1.29 is 4.79 Å². The number of carbonyl (C=O) groups excluding carboxylic acids is 1. The van der Waals surface area contributed by atoms with Gasteiger partial charge in [0.25, 0.3) is 5.91 Å². The molecule has 0 bridgehead atoms. The quantitative estimate of drug-likeness (QED) is 0.731. The first-order chi connectivity index (χ1) is 7.65. The van der Waals surface area contributed by atoms with Gasteiger partial charge in [-0.15, -0.1) is 11.3 Å². The van der Waals surface area contributed by atoms with Gasteiger partial charge in [0.05, 0.1) is 0 Å². The number of nitrogens with zero attached hydrogens (tertiary/aromatic N) is 2. The number of fused-ring (bicyclic) bond motifs is 2. The van der Waals surface area contributed by atoms with Crippen molar-refractivity contribution in [3.63, 3.8) is 0 Å². The Morgan fingerprint density at radius 2 is 2.44 bits per heavy atom. The normalized spacial score (nSPS) is 28.4. The summed E-state index contributed by atoms with van der Waals surface area (Å²) in [5.74, 6) is 0.355. The first kappa shape index (κ1) is 9.84. The minimum atomic E-state index is -0.702. The summed E-state index contributed by atoms with van der Waals surface area (Å²) in [6.07, 6.45) is 2.84. The van der Waals surface area contributed by atoms with Gasteiger partial charge < -0.3 is 5.73 Å². The standard InChI is InChI=1S/C11H13N3OS/c1-14-9(15)11(13-10(14)12)5-2-3-8-7(11)4-6-16-8/h4,6H,2-3,5H2,1H3,(H2,12,13). The fourth-order valence-corrected chi connectivity index (χ4v) is 3.57. The molecule has 2 N–H and O–H groups in total. The highest BCUT2D eigenvalue weighted by Gasteiger charge is 2.50. The lowest BCUT2D eigenvalue weighted by Crippen LogP contribution is -2.41. The minimum Gasteiger partial charge on any atom is -0.369 e. The van der Waals surface area contributed by atoms with Crippen molar-refractivity contribution in [1.29, 1.82) is 0 Å². The number of nitrogens with two attached hydrogens (primary N) is 1. The lowest BCUT2D eigenvalue weighted by atomic mass is 9.80. The van der Waals surface area contributed by atoms with Crippen molar-refractivity contribution in [2.75, 3.05) is 7.05 Å². The molecule has 3 rings (SSSR count). The molecule has 84 valence electrons. The largest absolute Gasteiger partial charge is 0.369 e. The predicted molar refractivity (Wildman–Crippen MR) is 63.3 cm³/mol. The number of carbonyl (C=O) groups is 1. The Balaban J connectivity index is 2.19. The third-order valence-corrected chi connectivity index (χ3v) is 4.42. The van der Waals surface area contributed by atoms with E-state index >= 15 is 0 Å². The van der Waals surface area contributed by atoms with E-state index in [4.69, 9.17) is 5.73 Å². The molecule has 0 aromatic carbocycles. The van der Waals surface area contributed by atoms with E-state index in [0.29, 0.717) is 5.96 Å². The Hall–Kier alpha value is -1.36. The average Bonchev–Trinajstić information content (AvgIpc) is 2.82. The highest BCUT2D eigenvalue weighted by molar-refractivity contribution is 7.10. The molecule has 1 spiro atoms. The highest BCUT2D eigenvalue weighted by Crippen LogP contribution is 2.44. The van der Waals surface area contributed by atoms with Gasteiger partial charge in [0.1, 0.15) is 0 Å². The summed E-state index contributed by atoms with van der Waals surface area (Å²) in [7, 11) is 1.69. The predicted octanol–water partition coefficient (Wildman–Crippen LogP) is 1.07. The van der Waals surface area contributed by atoms with Gasteiger partial charge >= 0.3 is 0 Å². The van der Waals surface area contributed by atoms with Crippen molar-refractivity contribution in [2.24, 2.45) is 10.7 Å². The number of amides is 1. The Kier molecular flexibility index (Phi) is 1.89. The number of aryl methyl sites for hydroxylation is 1. The van der Waals surface area contributed by atoms with Crippen LogP contribution in [-0.4, -0.2) is 23.8 Å². The SMILES string of the molecule is CN1C(=O)C2(CCCc3sccc32)N=C1N. The first-order valence-corrected chi connectivity index (χ1v) is 6.23. The molecule has 0 saturated heterocycles. The van der Waals surface area contributed by atoms with Crippen molar-refractivity contribution in [1.82, 2.24) is 4.90 Å². The first-order valence-electron chi connectivity index (χ1n) is 5.35. The van der Waals surface area contributed by atoms with Crippen molar-refractivity contribution in [2.45, 2.75) is 24.8 Å². The fraction of sp³-hybridized carbons (Fsp3) is 0.455. The van der Waals surface area contributed by atoms with Crippen LogP contribution in [0.4, 0.5) is 0 Å². The molecule has 1 atom stereocenters. The second kappa shape index (κ2) is 3.07. The Bertz CT molecular complexity index is 493. The Morgan fingerprint density at radius 3 is 3.12 bits per heavy atom. The van der Waals surface area contributed by atoms with Crippen LogP contribution in [0.15, 0.2) is 16.4 Å². The monoisotopic (exact) mass is 235 g/mol. The van der Waals surface area contributed by atoms with Crippen molar-refractivity contribution in [3.8, 4) is 0 Å². The molecule has 1 aromatic heterocycles. The second-order valence-electron chi connectivity index (χ2n) is 4.31. The molecule has 5 heteroatoms. The molecule has 0 radical (unpaired) electrons. The van der Waals surface area contributed by atoms with E-state index < -0.39 is 5.54 Å². The zero-order valence-corrected chi connectivity index (χ0v) is 9.88. The van der Waals surface area contributed by atoms with Crippen LogP contribution in [0, 0.1) is 0 Å². The molecule has 0 saturated carbocycles. The molecule has 0 fully saturated rings. The molecular formula is C11H13N3OS. The van der Waals surface area contributed by atoms with E-state index in [1.54, 1.807) is 18.4 Å². The van der Waals surface area contributed by atoms with Gasteiger partial charge in [0, 0.05) is 17.5 Å². The van der Waals surface area contributed by atoms with Gasteiger partial charge in [0.2, 0.25) is 0 Å². The molecule has 1 aliphatic heterocycles. The number of hydrogen-bond donors (Lipinski definition) is 1. The number of guanidine groups is 1. The maximum absolute atomic E-state index is 12.3. The van der Waals surface area contributed by atoms with Crippen LogP contribution in [0.1, 0.15) is 23.3 Å². The maximum Gasteiger partial charge on any atom is 0.261 e. The zero-order chi connectivity index (χ0) is 11.3. The van der Waals surface area contributed by atoms with E-state index in [1.165, 1.54) is 9.78 Å². The van der Waals surface area contributed by atoms with Crippen LogP contribution < -0.4 is 5.73 Å². The molecule has 1 aromatic rings. The number of aliphatic imine (C=N–C) groups is 1. The summed E-state index contributed by atoms with van der Waals surface area (Å²) in [5.41, 5.74) is 6.13. The fourth-order valence-electron chi connectivity index (χ4n) is 2.58. The van der Waals surface area contributed by atoms with Crippen LogP contribution in [0.3, 0.4) is 0 Å². The van der Waals surface area contributed by atoms with Gasteiger partial charge in [-0.05, 0) is 30.7 Å². The average molecular weight is 235 g/mol.